The maximum absolute atomic E-state index is 13.9. The number of nitrogens with zero attached hydrogens (tertiary/aromatic N) is 1. The molecule has 0 amide bonds. The van der Waals surface area contributed by atoms with E-state index in [1.54, 1.807) is 13.2 Å². The van der Waals surface area contributed by atoms with E-state index in [1.807, 2.05) is 18.2 Å². The fourth-order valence-electron chi connectivity index (χ4n) is 4.80. The Hall–Kier alpha value is -2.25. The van der Waals surface area contributed by atoms with E-state index in [-0.39, 0.29) is 5.82 Å². The van der Waals surface area contributed by atoms with Crippen LogP contribution in [0.3, 0.4) is 0 Å². The van der Waals surface area contributed by atoms with Gasteiger partial charge in [-0.05, 0) is 42.3 Å². The minimum absolute atomic E-state index is 0.347. The van der Waals surface area contributed by atoms with Crippen molar-refractivity contribution in [2.75, 3.05) is 40.0 Å². The monoisotopic (exact) mass is 433 g/mol. The summed E-state index contributed by atoms with van der Waals surface area (Å²) in [6, 6.07) is 10.1. The van der Waals surface area contributed by atoms with Gasteiger partial charge in [0.25, 0.3) is 5.92 Å². The molecule has 3 aliphatic rings. The predicted molar refractivity (Wildman–Crippen MR) is 110 cm³/mol. The molecular weight excluding hydrogens is 407 g/mol. The van der Waals surface area contributed by atoms with Crippen molar-refractivity contribution in [1.82, 2.24) is 4.90 Å². The Morgan fingerprint density at radius 2 is 1.87 bits per heavy atom. The van der Waals surface area contributed by atoms with Gasteiger partial charge in [0.1, 0.15) is 17.3 Å². The van der Waals surface area contributed by atoms with Crippen molar-refractivity contribution in [3.05, 3.63) is 47.8 Å². The average Bonchev–Trinajstić information content (AvgIpc) is 3.22. The number of alkyl halides is 2. The molecule has 3 fully saturated rings. The van der Waals surface area contributed by atoms with Gasteiger partial charge in [-0.2, -0.15) is 0 Å². The summed E-state index contributed by atoms with van der Waals surface area (Å²) in [6.07, 6.45) is 0.971. The molecule has 0 N–H and O–H groups in total. The highest BCUT2D eigenvalue weighted by molar-refractivity contribution is 5.72. The van der Waals surface area contributed by atoms with Crippen molar-refractivity contribution >= 4 is 0 Å². The smallest absolute Gasteiger partial charge is 0.257 e. The molecule has 0 bridgehead atoms. The van der Waals surface area contributed by atoms with Crippen LogP contribution in [0.25, 0.3) is 11.1 Å². The highest BCUT2D eigenvalue weighted by Gasteiger charge is 2.71. The lowest BCUT2D eigenvalue weighted by molar-refractivity contribution is 0.0517. The Morgan fingerprint density at radius 3 is 2.58 bits per heavy atom. The zero-order valence-electron chi connectivity index (χ0n) is 17.5. The highest BCUT2D eigenvalue weighted by atomic mass is 19.3. The van der Waals surface area contributed by atoms with Gasteiger partial charge in [0.2, 0.25) is 0 Å². The molecule has 3 unspecified atom stereocenters. The van der Waals surface area contributed by atoms with Crippen LogP contribution in [0, 0.1) is 23.6 Å². The standard InChI is InChI=1S/C24H26F3NO3/c1-29-23-5-3-18(25)9-19(23)16-2-4-22(31-14-15-6-7-30-13-15)17(8-16)10-28-11-20-21(12-28)24(20,26)27/h2-5,8-9,15,20-21H,6-7,10-14H2,1H3. The van der Waals surface area contributed by atoms with Crippen molar-refractivity contribution in [3.8, 4) is 22.6 Å². The summed E-state index contributed by atoms with van der Waals surface area (Å²) in [7, 11) is 1.55. The van der Waals surface area contributed by atoms with Gasteiger partial charge in [-0.3, -0.25) is 4.90 Å². The summed E-state index contributed by atoms with van der Waals surface area (Å²) in [5, 5.41) is 0. The zero-order valence-corrected chi connectivity index (χ0v) is 17.5. The number of likely N-dealkylation sites (tertiary alicyclic amines) is 1. The SMILES string of the molecule is COc1ccc(F)cc1-c1ccc(OCC2CCOC2)c(CN2CC3C(C2)C3(F)F)c1. The number of hydrogen-bond donors (Lipinski definition) is 0. The molecule has 2 saturated heterocycles. The molecule has 2 heterocycles. The Labute approximate surface area is 179 Å². The van der Waals surface area contributed by atoms with Crippen LogP contribution < -0.4 is 9.47 Å². The molecule has 2 aliphatic heterocycles. The molecule has 7 heteroatoms. The third-order valence-corrected chi connectivity index (χ3v) is 6.70. The van der Waals surface area contributed by atoms with Crippen LogP contribution in [-0.2, 0) is 11.3 Å². The van der Waals surface area contributed by atoms with Gasteiger partial charge in [-0.1, -0.05) is 6.07 Å². The fraction of sp³-hybridized carbons (Fsp3) is 0.500. The third kappa shape index (κ3) is 4.01. The Bertz CT molecular complexity index is 947. The molecule has 4 nitrogen and oxygen atoms in total. The topological polar surface area (TPSA) is 30.9 Å². The largest absolute Gasteiger partial charge is 0.496 e. The van der Waals surface area contributed by atoms with Gasteiger partial charge >= 0.3 is 0 Å². The number of fused-ring (bicyclic) bond motifs is 1. The van der Waals surface area contributed by atoms with E-state index in [1.165, 1.54) is 12.1 Å². The predicted octanol–water partition coefficient (Wildman–Crippen LogP) is 4.61. The van der Waals surface area contributed by atoms with Gasteiger partial charge < -0.3 is 14.2 Å². The van der Waals surface area contributed by atoms with E-state index in [4.69, 9.17) is 14.2 Å². The summed E-state index contributed by atoms with van der Waals surface area (Å²) >= 11 is 0. The van der Waals surface area contributed by atoms with Crippen LogP contribution in [0.4, 0.5) is 13.2 Å². The minimum atomic E-state index is -2.50. The van der Waals surface area contributed by atoms with E-state index in [2.05, 4.69) is 4.90 Å². The van der Waals surface area contributed by atoms with E-state index < -0.39 is 17.8 Å². The Balaban J connectivity index is 1.40. The van der Waals surface area contributed by atoms with Crippen molar-refractivity contribution in [3.63, 3.8) is 0 Å². The number of methoxy groups -OCH3 is 1. The highest BCUT2D eigenvalue weighted by Crippen LogP contribution is 2.59. The van der Waals surface area contributed by atoms with Crippen LogP contribution in [0.1, 0.15) is 12.0 Å². The quantitative estimate of drug-likeness (QED) is 0.638. The molecule has 1 saturated carbocycles. The molecule has 31 heavy (non-hydrogen) atoms. The van der Waals surface area contributed by atoms with Gasteiger partial charge in [-0.15, -0.1) is 0 Å². The normalized spacial score (nSPS) is 26.6. The van der Waals surface area contributed by atoms with Crippen molar-refractivity contribution in [2.24, 2.45) is 17.8 Å². The van der Waals surface area contributed by atoms with Gasteiger partial charge in [-0.25, -0.2) is 13.2 Å². The molecule has 1 aliphatic carbocycles. The van der Waals surface area contributed by atoms with Crippen molar-refractivity contribution < 1.29 is 27.4 Å². The van der Waals surface area contributed by atoms with E-state index in [0.29, 0.717) is 50.1 Å². The number of rotatable bonds is 7. The molecule has 3 atom stereocenters. The molecule has 5 rings (SSSR count). The molecule has 2 aromatic rings. The lowest BCUT2D eigenvalue weighted by Gasteiger charge is -2.22. The summed E-state index contributed by atoms with van der Waals surface area (Å²) in [4.78, 5) is 2.06. The summed E-state index contributed by atoms with van der Waals surface area (Å²) < 4.78 is 58.1. The first kappa shape index (κ1) is 20.6. The summed E-state index contributed by atoms with van der Waals surface area (Å²) in [5.41, 5.74) is 2.36. The van der Waals surface area contributed by atoms with Crippen molar-refractivity contribution in [1.29, 1.82) is 0 Å². The molecule has 166 valence electrons. The fourth-order valence-corrected chi connectivity index (χ4v) is 4.80. The second-order valence-electron chi connectivity index (χ2n) is 8.79. The van der Waals surface area contributed by atoms with Gasteiger partial charge in [0.05, 0.1) is 20.3 Å². The molecule has 0 aromatic heterocycles. The second kappa shape index (κ2) is 8.02. The second-order valence-corrected chi connectivity index (χ2v) is 8.79. The molecule has 2 aromatic carbocycles. The number of benzene rings is 2. The number of piperidine rings is 1. The number of halogens is 3. The maximum atomic E-state index is 13.9. The number of ether oxygens (including phenoxy) is 3. The Morgan fingerprint density at radius 1 is 1.10 bits per heavy atom. The molecule has 0 spiro atoms. The Kier molecular flexibility index (Phi) is 5.34. The van der Waals surface area contributed by atoms with Gasteiger partial charge in [0.15, 0.2) is 0 Å². The molecule has 0 radical (unpaired) electrons. The first-order valence-electron chi connectivity index (χ1n) is 10.7. The molecular formula is C24H26F3NO3. The first-order valence-corrected chi connectivity index (χ1v) is 10.7. The summed E-state index contributed by atoms with van der Waals surface area (Å²) in [5.74, 6) is -2.24. The first-order chi connectivity index (χ1) is 15.0. The number of hydrogen-bond acceptors (Lipinski definition) is 4. The van der Waals surface area contributed by atoms with Crippen LogP contribution in [0.5, 0.6) is 11.5 Å². The van der Waals surface area contributed by atoms with E-state index in [0.717, 1.165) is 29.9 Å². The van der Waals surface area contributed by atoms with Crippen LogP contribution >= 0.6 is 0 Å². The van der Waals surface area contributed by atoms with Crippen LogP contribution in [0.2, 0.25) is 0 Å². The van der Waals surface area contributed by atoms with E-state index >= 15 is 0 Å². The van der Waals surface area contributed by atoms with Crippen LogP contribution in [0.15, 0.2) is 36.4 Å². The zero-order chi connectivity index (χ0) is 21.6. The average molecular weight is 433 g/mol. The summed E-state index contributed by atoms with van der Waals surface area (Å²) in [6.45, 7) is 3.30. The third-order valence-electron chi connectivity index (χ3n) is 6.70. The lowest BCUT2D eigenvalue weighted by atomic mass is 10.0. The van der Waals surface area contributed by atoms with Crippen LogP contribution in [-0.4, -0.2) is 50.8 Å². The minimum Gasteiger partial charge on any atom is -0.496 e. The van der Waals surface area contributed by atoms with Gasteiger partial charge in [0, 0.05) is 55.1 Å². The van der Waals surface area contributed by atoms with Crippen molar-refractivity contribution in [2.45, 2.75) is 18.9 Å². The lowest BCUT2D eigenvalue weighted by Crippen LogP contribution is -2.27. The maximum Gasteiger partial charge on any atom is 0.257 e. The van der Waals surface area contributed by atoms with E-state index in [9.17, 15) is 13.2 Å².